The zero-order valence-electron chi connectivity index (χ0n) is 11.0. The molecule has 0 radical (unpaired) electrons. The summed E-state index contributed by atoms with van der Waals surface area (Å²) in [6.07, 6.45) is 7.47. The maximum Gasteiger partial charge on any atom is 0.243 e. The largest absolute Gasteiger partial charge is 0.350 e. The van der Waals surface area contributed by atoms with Crippen LogP contribution in [-0.2, 0) is 9.59 Å². The van der Waals surface area contributed by atoms with E-state index in [1.165, 1.54) is 12.8 Å². The normalized spacial score (nSPS) is 20.3. The number of hydrogen-bond donors (Lipinski definition) is 1. The Morgan fingerprint density at radius 1 is 1.26 bits per heavy atom. The van der Waals surface area contributed by atoms with Crippen LogP contribution in [0.15, 0.2) is 12.2 Å². The first-order valence-corrected chi connectivity index (χ1v) is 6.82. The first kappa shape index (κ1) is 13.6. The van der Waals surface area contributed by atoms with Gasteiger partial charge in [-0.2, -0.15) is 5.26 Å². The van der Waals surface area contributed by atoms with Crippen molar-refractivity contribution in [3.8, 4) is 6.07 Å². The fourth-order valence-corrected chi connectivity index (χ4v) is 2.21. The van der Waals surface area contributed by atoms with Crippen molar-refractivity contribution < 1.29 is 9.59 Å². The number of piperidine rings is 1. The predicted molar refractivity (Wildman–Crippen MR) is 69.8 cm³/mol. The third-order valence-corrected chi connectivity index (χ3v) is 3.57. The highest BCUT2D eigenvalue weighted by atomic mass is 16.2. The minimum atomic E-state index is -0.110. The van der Waals surface area contributed by atoms with Gasteiger partial charge in [0.2, 0.25) is 11.8 Å². The number of carbonyl (C=O) groups is 2. The molecule has 0 atom stereocenters. The molecule has 0 aromatic heterocycles. The molecule has 0 spiro atoms. The van der Waals surface area contributed by atoms with E-state index in [2.05, 4.69) is 5.32 Å². The lowest BCUT2D eigenvalue weighted by molar-refractivity contribution is -0.131. The van der Waals surface area contributed by atoms with Gasteiger partial charge in [0, 0.05) is 19.1 Å². The minimum absolute atomic E-state index is 0.0336. The van der Waals surface area contributed by atoms with Crippen LogP contribution in [0.2, 0.25) is 0 Å². The summed E-state index contributed by atoms with van der Waals surface area (Å²) in [6, 6.07) is 2.01. The number of amides is 2. The number of nitrogens with one attached hydrogen (secondary N) is 1. The number of likely N-dealkylation sites (tertiary alicyclic amines) is 1. The predicted octanol–water partition coefficient (Wildman–Crippen LogP) is 0.973. The summed E-state index contributed by atoms with van der Waals surface area (Å²) in [5.41, 5.74) is 0. The van der Waals surface area contributed by atoms with E-state index in [1.807, 2.05) is 12.1 Å². The Bertz CT molecular complexity index is 413. The molecule has 2 fully saturated rings. The molecule has 1 aliphatic carbocycles. The quantitative estimate of drug-likeness (QED) is 0.766. The molecule has 5 heteroatoms. The van der Waals surface area contributed by atoms with E-state index >= 15 is 0 Å². The van der Waals surface area contributed by atoms with E-state index in [-0.39, 0.29) is 24.3 Å². The molecular formula is C14H19N3O2. The number of rotatable bonds is 4. The fraction of sp³-hybridized carbons (Fsp3) is 0.643. The van der Waals surface area contributed by atoms with Crippen LogP contribution in [0.5, 0.6) is 0 Å². The summed E-state index contributed by atoms with van der Waals surface area (Å²) in [6.45, 7) is 1.25. The lowest BCUT2D eigenvalue weighted by atomic mass is 10.0. The van der Waals surface area contributed by atoms with Crippen LogP contribution in [0.1, 0.15) is 32.1 Å². The number of allylic oxidation sites excluding steroid dienone is 1. The molecule has 0 aromatic carbocycles. The molecule has 2 amide bonds. The average Bonchev–Trinajstić information content (AvgIpc) is 3.21. The van der Waals surface area contributed by atoms with E-state index in [0.717, 1.165) is 12.8 Å². The van der Waals surface area contributed by atoms with Crippen molar-refractivity contribution in [2.24, 2.45) is 5.92 Å². The molecule has 1 saturated heterocycles. The van der Waals surface area contributed by atoms with Gasteiger partial charge in [0.15, 0.2) is 0 Å². The second kappa shape index (κ2) is 6.37. The first-order valence-electron chi connectivity index (χ1n) is 6.82. The standard InChI is InChI=1S/C14H19N3O2/c15-8-5-14(19)17-9-6-12(7-10-17)16-13(18)4-3-11-1-2-11/h3-4,11-12H,1-2,5-7,9-10H2,(H,16,18)/b4-3+. The van der Waals surface area contributed by atoms with Gasteiger partial charge in [-0.25, -0.2) is 0 Å². The topological polar surface area (TPSA) is 73.2 Å². The Labute approximate surface area is 113 Å². The highest BCUT2D eigenvalue weighted by molar-refractivity contribution is 5.87. The molecule has 1 heterocycles. The number of nitriles is 1. The summed E-state index contributed by atoms with van der Waals surface area (Å²) in [5, 5.41) is 11.4. The molecule has 19 heavy (non-hydrogen) atoms. The molecular weight excluding hydrogens is 242 g/mol. The van der Waals surface area contributed by atoms with E-state index < -0.39 is 0 Å². The molecule has 1 N–H and O–H groups in total. The monoisotopic (exact) mass is 261 g/mol. The number of hydrogen-bond acceptors (Lipinski definition) is 3. The minimum Gasteiger partial charge on any atom is -0.350 e. The second-order valence-electron chi connectivity index (χ2n) is 5.20. The smallest absolute Gasteiger partial charge is 0.243 e. The van der Waals surface area contributed by atoms with Gasteiger partial charge in [-0.15, -0.1) is 0 Å². The third kappa shape index (κ3) is 4.40. The van der Waals surface area contributed by atoms with Crippen LogP contribution in [0, 0.1) is 17.2 Å². The van der Waals surface area contributed by atoms with Crippen LogP contribution >= 0.6 is 0 Å². The Morgan fingerprint density at radius 2 is 1.95 bits per heavy atom. The summed E-state index contributed by atoms with van der Waals surface area (Å²) in [4.78, 5) is 24.9. The summed E-state index contributed by atoms with van der Waals surface area (Å²) >= 11 is 0. The molecule has 1 aliphatic heterocycles. The molecule has 0 unspecified atom stereocenters. The maximum absolute atomic E-state index is 11.6. The van der Waals surface area contributed by atoms with Crippen molar-refractivity contribution in [3.63, 3.8) is 0 Å². The molecule has 1 saturated carbocycles. The first-order chi connectivity index (χ1) is 9.19. The Morgan fingerprint density at radius 3 is 2.53 bits per heavy atom. The van der Waals surface area contributed by atoms with Crippen molar-refractivity contribution in [2.75, 3.05) is 13.1 Å². The lowest BCUT2D eigenvalue weighted by Gasteiger charge is -2.31. The van der Waals surface area contributed by atoms with Gasteiger partial charge in [-0.3, -0.25) is 9.59 Å². The van der Waals surface area contributed by atoms with Crippen molar-refractivity contribution in [2.45, 2.75) is 38.1 Å². The van der Waals surface area contributed by atoms with Gasteiger partial charge in [-0.1, -0.05) is 6.08 Å². The molecule has 0 bridgehead atoms. The zero-order valence-corrected chi connectivity index (χ0v) is 11.0. The fourth-order valence-electron chi connectivity index (χ4n) is 2.21. The van der Waals surface area contributed by atoms with Gasteiger partial charge in [0.05, 0.1) is 6.07 Å². The highest BCUT2D eigenvalue weighted by Crippen LogP contribution is 2.29. The van der Waals surface area contributed by atoms with Crippen molar-refractivity contribution in [3.05, 3.63) is 12.2 Å². The number of nitrogens with zero attached hydrogens (tertiary/aromatic N) is 2. The Kier molecular flexibility index (Phi) is 4.56. The SMILES string of the molecule is N#CCC(=O)N1CCC(NC(=O)/C=C/C2CC2)CC1. The Hall–Kier alpha value is -1.83. The lowest BCUT2D eigenvalue weighted by Crippen LogP contribution is -2.46. The molecule has 0 aromatic rings. The van der Waals surface area contributed by atoms with E-state index in [9.17, 15) is 9.59 Å². The van der Waals surface area contributed by atoms with Crippen molar-refractivity contribution in [1.82, 2.24) is 10.2 Å². The molecule has 2 rings (SSSR count). The van der Waals surface area contributed by atoms with Crippen LogP contribution < -0.4 is 5.32 Å². The van der Waals surface area contributed by atoms with Crippen LogP contribution in [0.4, 0.5) is 0 Å². The molecule has 2 aliphatic rings. The third-order valence-electron chi connectivity index (χ3n) is 3.57. The van der Waals surface area contributed by atoms with Crippen molar-refractivity contribution in [1.29, 1.82) is 5.26 Å². The maximum atomic E-state index is 11.6. The van der Waals surface area contributed by atoms with Crippen LogP contribution in [0.25, 0.3) is 0 Å². The van der Waals surface area contributed by atoms with Gasteiger partial charge in [-0.05, 0) is 37.7 Å². The Balaban J connectivity index is 1.69. The number of carbonyl (C=O) groups excluding carboxylic acids is 2. The second-order valence-corrected chi connectivity index (χ2v) is 5.20. The average molecular weight is 261 g/mol. The van der Waals surface area contributed by atoms with Gasteiger partial charge in [0.25, 0.3) is 0 Å². The van der Waals surface area contributed by atoms with Gasteiger partial charge in [0.1, 0.15) is 6.42 Å². The summed E-state index contributed by atoms with van der Waals surface area (Å²) in [5.74, 6) is 0.464. The zero-order chi connectivity index (χ0) is 13.7. The summed E-state index contributed by atoms with van der Waals surface area (Å²) < 4.78 is 0. The van der Waals surface area contributed by atoms with E-state index in [0.29, 0.717) is 19.0 Å². The molecule has 5 nitrogen and oxygen atoms in total. The summed E-state index contributed by atoms with van der Waals surface area (Å²) in [7, 11) is 0. The van der Waals surface area contributed by atoms with Crippen molar-refractivity contribution >= 4 is 11.8 Å². The van der Waals surface area contributed by atoms with Gasteiger partial charge >= 0.3 is 0 Å². The van der Waals surface area contributed by atoms with Crippen LogP contribution in [0.3, 0.4) is 0 Å². The molecule has 102 valence electrons. The van der Waals surface area contributed by atoms with E-state index in [1.54, 1.807) is 11.0 Å². The highest BCUT2D eigenvalue weighted by Gasteiger charge is 2.23. The van der Waals surface area contributed by atoms with Crippen LogP contribution in [-0.4, -0.2) is 35.8 Å². The van der Waals surface area contributed by atoms with Gasteiger partial charge < -0.3 is 10.2 Å². The van der Waals surface area contributed by atoms with E-state index in [4.69, 9.17) is 5.26 Å².